The van der Waals surface area contributed by atoms with Crippen molar-refractivity contribution in [3.63, 3.8) is 0 Å². The lowest BCUT2D eigenvalue weighted by Gasteiger charge is -2.17. The summed E-state index contributed by atoms with van der Waals surface area (Å²) in [6, 6.07) is 4.55. The maximum atomic E-state index is 12.0. The number of hydrogen-bond donors (Lipinski definition) is 3. The van der Waals surface area contributed by atoms with E-state index in [0.717, 1.165) is 13.1 Å². The summed E-state index contributed by atoms with van der Waals surface area (Å²) in [5.74, 6) is -1.02. The number of nitrogens with one attached hydrogen (secondary N) is 2. The van der Waals surface area contributed by atoms with Crippen LogP contribution in [-0.2, 0) is 9.53 Å². The third-order valence-electron chi connectivity index (χ3n) is 3.71. The van der Waals surface area contributed by atoms with Crippen LogP contribution in [0.3, 0.4) is 0 Å². The molecule has 156 valence electrons. The lowest BCUT2D eigenvalue weighted by molar-refractivity contribution is -0.115. The average molecular weight is 424 g/mol. The zero-order valence-corrected chi connectivity index (χ0v) is 17.9. The van der Waals surface area contributed by atoms with Gasteiger partial charge in [0.25, 0.3) is 0 Å². The Morgan fingerprint density at radius 3 is 2.33 bits per heavy atom. The van der Waals surface area contributed by atoms with E-state index in [4.69, 9.17) is 4.74 Å². The minimum atomic E-state index is -0.580. The maximum Gasteiger partial charge on any atom is 0.341 e. The first-order valence-corrected chi connectivity index (χ1v) is 8.63. The number of likely N-dealkylation sites (N-methyl/N-ethyl adjacent to an activating group) is 1. The van der Waals surface area contributed by atoms with Gasteiger partial charge in [-0.1, -0.05) is 27.7 Å². The van der Waals surface area contributed by atoms with Gasteiger partial charge >= 0.3 is 5.97 Å². The van der Waals surface area contributed by atoms with Crippen molar-refractivity contribution < 1.29 is 19.4 Å². The summed E-state index contributed by atoms with van der Waals surface area (Å²) >= 11 is 0. The predicted molar refractivity (Wildman–Crippen MR) is 112 cm³/mol. The monoisotopic (exact) mass is 423 g/mol. The van der Waals surface area contributed by atoms with Gasteiger partial charge in [-0.25, -0.2) is 4.79 Å². The zero-order valence-electron chi connectivity index (χ0n) is 16.3. The van der Waals surface area contributed by atoms with Crippen LogP contribution in [0.4, 0.5) is 5.69 Å². The molecule has 0 fully saturated rings. The molecule has 0 unspecified atom stereocenters. The summed E-state index contributed by atoms with van der Waals surface area (Å²) in [5.41, 5.74) is 0.505. The number of aromatic hydroxyl groups is 1. The van der Waals surface area contributed by atoms with E-state index in [9.17, 15) is 14.7 Å². The third kappa shape index (κ3) is 10.4. The van der Waals surface area contributed by atoms with Gasteiger partial charge in [0.15, 0.2) is 0 Å². The number of anilines is 1. The number of hydrogen-bond acceptors (Lipinski definition) is 6. The van der Waals surface area contributed by atoms with E-state index in [1.54, 1.807) is 6.07 Å². The van der Waals surface area contributed by atoms with Gasteiger partial charge in [0, 0.05) is 24.3 Å². The highest BCUT2D eigenvalue weighted by Crippen LogP contribution is 2.22. The second-order valence-corrected chi connectivity index (χ2v) is 5.98. The van der Waals surface area contributed by atoms with Crippen molar-refractivity contribution in [1.29, 1.82) is 0 Å². The second-order valence-electron chi connectivity index (χ2n) is 5.98. The molecule has 3 N–H and O–H groups in total. The Labute approximate surface area is 173 Å². The second kappa shape index (κ2) is 14.5. The largest absolute Gasteiger partial charge is 0.507 e. The van der Waals surface area contributed by atoms with Gasteiger partial charge in [-0.05, 0) is 25.2 Å². The molecule has 0 atom stereocenters. The molecule has 0 aliphatic carbocycles. The Hall–Kier alpha value is -1.54. The lowest BCUT2D eigenvalue weighted by atomic mass is 10.2. The summed E-state index contributed by atoms with van der Waals surface area (Å²) in [4.78, 5) is 25.9. The van der Waals surface area contributed by atoms with Gasteiger partial charge in [0.2, 0.25) is 5.91 Å². The highest BCUT2D eigenvalue weighted by molar-refractivity contribution is 5.95. The van der Waals surface area contributed by atoms with Gasteiger partial charge < -0.3 is 25.4 Å². The van der Waals surface area contributed by atoms with Crippen LogP contribution in [0.25, 0.3) is 0 Å². The van der Waals surface area contributed by atoms with Crippen LogP contribution in [0, 0.1) is 0 Å². The Morgan fingerprint density at radius 1 is 1.19 bits per heavy atom. The molecule has 0 aromatic heterocycles. The Kier molecular flexibility index (Phi) is 14.9. The van der Waals surface area contributed by atoms with Crippen LogP contribution in [0.15, 0.2) is 18.2 Å². The van der Waals surface area contributed by atoms with Crippen molar-refractivity contribution in [3.8, 4) is 5.75 Å². The first-order chi connectivity index (χ1) is 11.9. The number of benzene rings is 1. The number of ether oxygens (including phenoxy) is 1. The highest BCUT2D eigenvalue weighted by Gasteiger charge is 2.14. The summed E-state index contributed by atoms with van der Waals surface area (Å²) < 4.78 is 5.19. The minimum Gasteiger partial charge on any atom is -0.507 e. The van der Waals surface area contributed by atoms with E-state index in [1.807, 2.05) is 27.7 Å². The number of esters is 1. The highest BCUT2D eigenvalue weighted by atomic mass is 35.5. The van der Waals surface area contributed by atoms with Gasteiger partial charge in [0.1, 0.15) is 17.9 Å². The number of phenols is 1. The molecular weight excluding hydrogens is 393 g/mol. The Morgan fingerprint density at radius 2 is 1.81 bits per heavy atom. The number of rotatable bonds is 10. The smallest absolute Gasteiger partial charge is 0.341 e. The predicted octanol–water partition coefficient (Wildman–Crippen LogP) is 2.67. The molecule has 9 heteroatoms. The Bertz CT molecular complexity index is 582. The minimum absolute atomic E-state index is 0. The van der Waals surface area contributed by atoms with Gasteiger partial charge in [-0.3, -0.25) is 4.79 Å². The standard InChI is InChI=1S/C18H29N3O4.2ClH/c1-5-21(6-2)9-10-25-18(24)15-8-7-14(11-16(15)22)20-17(23)12-19-13(3)4;;/h7-8,11,13,19,22H,5-6,9-10,12H2,1-4H3,(H,20,23);2*1H. The van der Waals surface area contributed by atoms with Crippen LogP contribution < -0.4 is 10.6 Å². The molecule has 0 bridgehead atoms. The molecule has 27 heavy (non-hydrogen) atoms. The number of halogens is 2. The van der Waals surface area contributed by atoms with E-state index in [-0.39, 0.29) is 61.2 Å². The molecule has 0 spiro atoms. The fraction of sp³-hybridized carbons (Fsp3) is 0.556. The molecule has 0 heterocycles. The molecule has 0 saturated carbocycles. The quantitative estimate of drug-likeness (QED) is 0.501. The van der Waals surface area contributed by atoms with Crippen molar-refractivity contribution in [3.05, 3.63) is 23.8 Å². The van der Waals surface area contributed by atoms with E-state index >= 15 is 0 Å². The first-order valence-electron chi connectivity index (χ1n) is 8.63. The fourth-order valence-electron chi connectivity index (χ4n) is 2.17. The summed E-state index contributed by atoms with van der Waals surface area (Å²) in [5, 5.41) is 15.7. The molecule has 0 aliphatic rings. The van der Waals surface area contributed by atoms with E-state index in [0.29, 0.717) is 12.2 Å². The van der Waals surface area contributed by atoms with Crippen molar-refractivity contribution in [2.75, 3.05) is 38.1 Å². The normalized spacial score (nSPS) is 10.1. The molecule has 1 rings (SSSR count). The lowest BCUT2D eigenvalue weighted by Crippen LogP contribution is -2.32. The average Bonchev–Trinajstić information content (AvgIpc) is 2.57. The zero-order chi connectivity index (χ0) is 18.8. The topological polar surface area (TPSA) is 90.9 Å². The van der Waals surface area contributed by atoms with Gasteiger partial charge in [-0.15, -0.1) is 24.8 Å². The summed E-state index contributed by atoms with van der Waals surface area (Å²) in [6.07, 6.45) is 0. The molecule has 1 aromatic rings. The third-order valence-corrected chi connectivity index (χ3v) is 3.71. The maximum absolute atomic E-state index is 12.0. The van der Waals surface area contributed by atoms with Crippen molar-refractivity contribution in [1.82, 2.24) is 10.2 Å². The fourth-order valence-corrected chi connectivity index (χ4v) is 2.17. The molecule has 0 radical (unpaired) electrons. The Balaban J connectivity index is 0. The molecule has 0 saturated heterocycles. The molecule has 1 amide bonds. The molecular formula is C18H31Cl2N3O4. The molecule has 7 nitrogen and oxygen atoms in total. The van der Waals surface area contributed by atoms with Crippen LogP contribution in [-0.4, -0.2) is 60.7 Å². The number of carbonyl (C=O) groups excluding carboxylic acids is 2. The number of phenolic OH excluding ortho intramolecular Hbond substituents is 1. The SMILES string of the molecule is CCN(CC)CCOC(=O)c1ccc(NC(=O)CNC(C)C)cc1O.Cl.Cl. The number of nitrogens with zero attached hydrogens (tertiary/aromatic N) is 1. The summed E-state index contributed by atoms with van der Waals surface area (Å²) in [7, 11) is 0. The van der Waals surface area contributed by atoms with E-state index in [1.165, 1.54) is 12.1 Å². The van der Waals surface area contributed by atoms with Gasteiger partial charge in [0.05, 0.1) is 6.54 Å². The van der Waals surface area contributed by atoms with E-state index < -0.39 is 5.97 Å². The number of carbonyl (C=O) groups is 2. The van der Waals surface area contributed by atoms with Gasteiger partial charge in [-0.2, -0.15) is 0 Å². The van der Waals surface area contributed by atoms with Crippen LogP contribution in [0.1, 0.15) is 38.1 Å². The number of amides is 1. The summed E-state index contributed by atoms with van der Waals surface area (Å²) in [6.45, 7) is 10.8. The molecule has 0 aliphatic heterocycles. The van der Waals surface area contributed by atoms with Crippen molar-refractivity contribution >= 4 is 42.4 Å². The van der Waals surface area contributed by atoms with Crippen LogP contribution in [0.5, 0.6) is 5.75 Å². The first kappa shape index (κ1) is 27.7. The van der Waals surface area contributed by atoms with Crippen LogP contribution in [0.2, 0.25) is 0 Å². The van der Waals surface area contributed by atoms with E-state index in [2.05, 4.69) is 15.5 Å². The van der Waals surface area contributed by atoms with Crippen molar-refractivity contribution in [2.45, 2.75) is 33.7 Å². The molecule has 1 aromatic carbocycles. The van der Waals surface area contributed by atoms with Crippen molar-refractivity contribution in [2.24, 2.45) is 0 Å². The van der Waals surface area contributed by atoms with Crippen LogP contribution >= 0.6 is 24.8 Å².